The van der Waals surface area contributed by atoms with Gasteiger partial charge in [0.15, 0.2) is 6.20 Å². The standard InChI is InChI=1S/C20H22F2N4O3/c1-29-18-5-2-14(3-6-18)9-24-10-15-12-25(13-16(11-24)20(15,21)22)17-4-7-19(23-8-17)26(27)28/h2-8,15-16H,9-13H2,1H3. The Labute approximate surface area is 167 Å². The Hall–Kier alpha value is -2.81. The van der Waals surface area contributed by atoms with Crippen molar-refractivity contribution in [3.05, 3.63) is 58.3 Å². The van der Waals surface area contributed by atoms with E-state index in [1.54, 1.807) is 13.2 Å². The lowest BCUT2D eigenvalue weighted by Crippen LogP contribution is -2.63. The second kappa shape index (κ2) is 7.55. The predicted molar refractivity (Wildman–Crippen MR) is 103 cm³/mol. The average Bonchev–Trinajstić information content (AvgIpc) is 2.69. The Kier molecular flexibility index (Phi) is 5.08. The maximum atomic E-state index is 14.8. The van der Waals surface area contributed by atoms with E-state index >= 15 is 0 Å². The monoisotopic (exact) mass is 404 g/mol. The highest BCUT2D eigenvalue weighted by atomic mass is 19.3. The number of alkyl halides is 2. The normalized spacial score (nSPS) is 23.6. The predicted octanol–water partition coefficient (Wildman–Crippen LogP) is 3.20. The fourth-order valence-corrected chi connectivity index (χ4v) is 4.24. The number of hydrogen-bond acceptors (Lipinski definition) is 6. The summed E-state index contributed by atoms with van der Waals surface area (Å²) in [6.07, 6.45) is 1.40. The zero-order chi connectivity index (χ0) is 20.6. The molecule has 0 aliphatic carbocycles. The Morgan fingerprint density at radius 2 is 1.79 bits per heavy atom. The number of benzene rings is 1. The molecule has 2 fully saturated rings. The molecular weight excluding hydrogens is 382 g/mol. The molecule has 0 radical (unpaired) electrons. The van der Waals surface area contributed by atoms with Crippen molar-refractivity contribution in [2.24, 2.45) is 11.8 Å². The third kappa shape index (κ3) is 3.87. The smallest absolute Gasteiger partial charge is 0.363 e. The molecule has 29 heavy (non-hydrogen) atoms. The van der Waals surface area contributed by atoms with Crippen molar-refractivity contribution in [3.63, 3.8) is 0 Å². The average molecular weight is 404 g/mol. The molecular formula is C20H22F2N4O3. The molecule has 2 aromatic rings. The fraction of sp³-hybridized carbons (Fsp3) is 0.450. The number of likely N-dealkylation sites (tertiary alicyclic amines) is 1. The number of aromatic nitrogens is 1. The molecule has 154 valence electrons. The first-order chi connectivity index (χ1) is 13.9. The van der Waals surface area contributed by atoms with E-state index < -0.39 is 22.7 Å². The summed E-state index contributed by atoms with van der Waals surface area (Å²) < 4.78 is 34.8. The van der Waals surface area contributed by atoms with E-state index in [4.69, 9.17) is 4.74 Å². The molecule has 0 spiro atoms. The maximum absolute atomic E-state index is 14.8. The second-order valence-electron chi connectivity index (χ2n) is 7.65. The largest absolute Gasteiger partial charge is 0.497 e. The van der Waals surface area contributed by atoms with Crippen LogP contribution in [0.4, 0.5) is 20.3 Å². The summed E-state index contributed by atoms with van der Waals surface area (Å²) in [5.74, 6) is -3.81. The van der Waals surface area contributed by atoms with Gasteiger partial charge in [-0.2, -0.15) is 0 Å². The van der Waals surface area contributed by atoms with Crippen molar-refractivity contribution >= 4 is 11.5 Å². The van der Waals surface area contributed by atoms with Crippen LogP contribution < -0.4 is 9.64 Å². The number of halogens is 2. The number of ether oxygens (including phenoxy) is 1. The van der Waals surface area contributed by atoms with Gasteiger partial charge in [-0.15, -0.1) is 0 Å². The van der Waals surface area contributed by atoms with Crippen LogP contribution in [0.2, 0.25) is 0 Å². The van der Waals surface area contributed by atoms with Crippen LogP contribution in [0.5, 0.6) is 5.75 Å². The lowest BCUT2D eigenvalue weighted by Gasteiger charge is -2.51. The number of fused-ring (bicyclic) bond motifs is 2. The van der Waals surface area contributed by atoms with Crippen molar-refractivity contribution in [1.29, 1.82) is 0 Å². The molecule has 2 aliphatic heterocycles. The molecule has 9 heteroatoms. The number of rotatable bonds is 5. The van der Waals surface area contributed by atoms with Gasteiger partial charge in [-0.3, -0.25) is 4.90 Å². The molecule has 2 saturated heterocycles. The molecule has 1 aromatic heterocycles. The summed E-state index contributed by atoms with van der Waals surface area (Å²) in [4.78, 5) is 18.0. The minimum Gasteiger partial charge on any atom is -0.497 e. The maximum Gasteiger partial charge on any atom is 0.363 e. The van der Waals surface area contributed by atoms with Crippen molar-refractivity contribution in [2.75, 3.05) is 38.2 Å². The molecule has 0 saturated carbocycles. The number of anilines is 1. The minimum absolute atomic E-state index is 0.197. The van der Waals surface area contributed by atoms with E-state index in [1.807, 2.05) is 29.2 Å². The number of methoxy groups -OCH3 is 1. The van der Waals surface area contributed by atoms with E-state index in [9.17, 15) is 18.9 Å². The SMILES string of the molecule is COc1ccc(CN2CC3CN(c4ccc([N+](=O)[O-])nc4)CC(C2)C3(F)F)cc1. The lowest BCUT2D eigenvalue weighted by molar-refractivity contribution is -0.389. The zero-order valence-corrected chi connectivity index (χ0v) is 16.0. The molecule has 1 aromatic carbocycles. The van der Waals surface area contributed by atoms with Crippen molar-refractivity contribution in [2.45, 2.75) is 12.5 Å². The van der Waals surface area contributed by atoms with Gasteiger partial charge >= 0.3 is 5.82 Å². The first-order valence-electron chi connectivity index (χ1n) is 9.45. The van der Waals surface area contributed by atoms with Crippen LogP contribution >= 0.6 is 0 Å². The Bertz CT molecular complexity index is 858. The van der Waals surface area contributed by atoms with Crippen LogP contribution in [0.25, 0.3) is 0 Å². The molecule has 2 unspecified atom stereocenters. The van der Waals surface area contributed by atoms with Crippen LogP contribution in [-0.2, 0) is 6.54 Å². The van der Waals surface area contributed by atoms with Gasteiger partial charge in [0.05, 0.1) is 24.6 Å². The van der Waals surface area contributed by atoms with E-state index in [0.29, 0.717) is 25.3 Å². The van der Waals surface area contributed by atoms with Gasteiger partial charge in [0, 0.05) is 38.8 Å². The van der Waals surface area contributed by atoms with E-state index in [1.165, 1.54) is 12.3 Å². The van der Waals surface area contributed by atoms with Crippen molar-refractivity contribution < 1.29 is 18.4 Å². The highest BCUT2D eigenvalue weighted by Crippen LogP contribution is 2.43. The summed E-state index contributed by atoms with van der Waals surface area (Å²) in [5.41, 5.74) is 1.70. The molecule has 0 amide bonds. The van der Waals surface area contributed by atoms with Crippen LogP contribution in [0.3, 0.4) is 0 Å². The quantitative estimate of drug-likeness (QED) is 0.563. The molecule has 2 aliphatic rings. The van der Waals surface area contributed by atoms with Gasteiger partial charge < -0.3 is 19.8 Å². The van der Waals surface area contributed by atoms with Crippen LogP contribution in [0.1, 0.15) is 5.56 Å². The highest BCUT2D eigenvalue weighted by molar-refractivity contribution is 5.47. The fourth-order valence-electron chi connectivity index (χ4n) is 4.24. The number of pyridine rings is 1. The van der Waals surface area contributed by atoms with E-state index in [-0.39, 0.29) is 18.9 Å². The highest BCUT2D eigenvalue weighted by Gasteiger charge is 2.55. The lowest BCUT2D eigenvalue weighted by atomic mass is 9.80. The second-order valence-corrected chi connectivity index (χ2v) is 7.65. The first kappa shape index (κ1) is 19.5. The van der Waals surface area contributed by atoms with Gasteiger partial charge in [0.2, 0.25) is 0 Å². The molecule has 3 heterocycles. The van der Waals surface area contributed by atoms with Gasteiger partial charge in [-0.25, -0.2) is 8.78 Å². The Morgan fingerprint density at radius 1 is 1.14 bits per heavy atom. The summed E-state index contributed by atoms with van der Waals surface area (Å²) in [7, 11) is 1.61. The van der Waals surface area contributed by atoms with Crippen molar-refractivity contribution in [3.8, 4) is 5.75 Å². The number of nitrogens with zero attached hydrogens (tertiary/aromatic N) is 4. The summed E-state index contributed by atoms with van der Waals surface area (Å²) in [6, 6.07) is 10.6. The summed E-state index contributed by atoms with van der Waals surface area (Å²) in [6.45, 7) is 1.61. The summed E-state index contributed by atoms with van der Waals surface area (Å²) >= 11 is 0. The molecule has 4 rings (SSSR count). The van der Waals surface area contributed by atoms with Crippen LogP contribution in [0.15, 0.2) is 42.6 Å². The zero-order valence-electron chi connectivity index (χ0n) is 16.0. The van der Waals surface area contributed by atoms with Crippen molar-refractivity contribution in [1.82, 2.24) is 9.88 Å². The van der Waals surface area contributed by atoms with Gasteiger partial charge in [-0.05, 0) is 33.7 Å². The number of piperidine rings is 2. The van der Waals surface area contributed by atoms with Gasteiger partial charge in [0.1, 0.15) is 5.75 Å². The third-order valence-corrected chi connectivity index (χ3v) is 5.78. The van der Waals surface area contributed by atoms with Gasteiger partial charge in [-0.1, -0.05) is 12.1 Å². The van der Waals surface area contributed by atoms with E-state index in [0.717, 1.165) is 11.3 Å². The molecule has 7 nitrogen and oxygen atoms in total. The Morgan fingerprint density at radius 3 is 2.31 bits per heavy atom. The van der Waals surface area contributed by atoms with Crippen LogP contribution in [0, 0.1) is 22.0 Å². The number of hydrogen-bond donors (Lipinski definition) is 0. The molecule has 2 bridgehead atoms. The molecule has 0 N–H and O–H groups in total. The van der Waals surface area contributed by atoms with Crippen LogP contribution in [-0.4, -0.2) is 54.0 Å². The Balaban J connectivity index is 1.46. The molecule has 2 atom stereocenters. The third-order valence-electron chi connectivity index (χ3n) is 5.78. The first-order valence-corrected chi connectivity index (χ1v) is 9.45. The van der Waals surface area contributed by atoms with Gasteiger partial charge in [0.25, 0.3) is 5.92 Å². The topological polar surface area (TPSA) is 71.7 Å². The van der Waals surface area contributed by atoms with E-state index in [2.05, 4.69) is 9.88 Å². The number of nitro groups is 1. The summed E-state index contributed by atoms with van der Waals surface area (Å²) in [5, 5.41) is 10.8. The minimum atomic E-state index is -2.72.